The number of hydrogen-bond acceptors (Lipinski definition) is 6. The summed E-state index contributed by atoms with van der Waals surface area (Å²) >= 11 is 0. The van der Waals surface area contributed by atoms with Crippen LogP contribution in [0.1, 0.15) is 39.2 Å². The Bertz CT molecular complexity index is 1210. The first-order valence-electron chi connectivity index (χ1n) is 10.1. The van der Waals surface area contributed by atoms with Gasteiger partial charge in [-0.15, -0.1) is 5.11 Å². The topological polar surface area (TPSA) is 100.0 Å². The Kier molecular flexibility index (Phi) is 4.85. The molecule has 11 heteroatoms. The van der Waals surface area contributed by atoms with Gasteiger partial charge in [0, 0.05) is 29.5 Å². The summed E-state index contributed by atoms with van der Waals surface area (Å²) in [5.74, 6) is -0.505. The van der Waals surface area contributed by atoms with E-state index < -0.39 is 44.7 Å². The molecule has 172 valence electrons. The minimum Gasteiger partial charge on any atom is -0.362 e. The number of carbonyl (C=O) groups excluding carboxylic acids is 1. The van der Waals surface area contributed by atoms with Crippen molar-refractivity contribution in [3.8, 4) is 0 Å². The molecule has 2 atom stereocenters. The lowest BCUT2D eigenvalue weighted by molar-refractivity contribution is -0.120. The van der Waals surface area contributed by atoms with Crippen LogP contribution >= 0.6 is 0 Å². The number of fused-ring (bicyclic) bond motifs is 1. The molecule has 0 radical (unpaired) electrons. The zero-order valence-electron chi connectivity index (χ0n) is 18.0. The zero-order chi connectivity index (χ0) is 23.7. The predicted molar refractivity (Wildman–Crippen MR) is 110 cm³/mol. The molecule has 0 saturated heterocycles. The average Bonchev–Trinajstić information content (AvgIpc) is 3.09. The monoisotopic (exact) mass is 468 g/mol. The number of rotatable bonds is 3. The first kappa shape index (κ1) is 22.5. The van der Waals surface area contributed by atoms with Gasteiger partial charge in [-0.25, -0.2) is 8.42 Å². The van der Waals surface area contributed by atoms with Crippen molar-refractivity contribution in [2.45, 2.75) is 61.8 Å². The van der Waals surface area contributed by atoms with Crippen molar-refractivity contribution in [3.05, 3.63) is 52.4 Å². The summed E-state index contributed by atoms with van der Waals surface area (Å²) in [4.78, 5) is 13.3. The van der Waals surface area contributed by atoms with Crippen LogP contribution in [0.15, 0.2) is 61.9 Å². The molecule has 0 spiro atoms. The maximum Gasteiger partial charge on any atom is 0.435 e. The number of allylic oxidation sites excluding steroid dienone is 1. The van der Waals surface area contributed by atoms with Gasteiger partial charge in [0.1, 0.15) is 0 Å². The molecule has 1 aromatic carbocycles. The van der Waals surface area contributed by atoms with Gasteiger partial charge in [-0.3, -0.25) is 4.79 Å². The van der Waals surface area contributed by atoms with E-state index in [4.69, 9.17) is 0 Å². The molecule has 7 nitrogen and oxygen atoms in total. The lowest BCUT2D eigenvalue weighted by atomic mass is 9.61. The predicted octanol–water partition coefficient (Wildman–Crippen LogP) is 3.50. The minimum atomic E-state index is -4.80. The van der Waals surface area contributed by atoms with Crippen LogP contribution in [0, 0.1) is 0 Å². The average molecular weight is 469 g/mol. The molecular weight excluding hydrogens is 445 g/mol. The van der Waals surface area contributed by atoms with Crippen molar-refractivity contribution < 1.29 is 26.4 Å². The minimum absolute atomic E-state index is 0.0439. The second kappa shape index (κ2) is 6.90. The number of benzene rings is 1. The van der Waals surface area contributed by atoms with Gasteiger partial charge < -0.3 is 10.6 Å². The highest BCUT2D eigenvalue weighted by atomic mass is 32.2. The van der Waals surface area contributed by atoms with E-state index >= 15 is 0 Å². The molecule has 2 N–H and O–H groups in total. The van der Waals surface area contributed by atoms with Crippen LogP contribution in [0.25, 0.3) is 0 Å². The number of nitrogens with zero attached hydrogens (tertiary/aromatic N) is 2. The van der Waals surface area contributed by atoms with E-state index in [1.165, 1.54) is 18.2 Å². The lowest BCUT2D eigenvalue weighted by Gasteiger charge is -2.48. The van der Waals surface area contributed by atoms with E-state index in [1.807, 2.05) is 13.8 Å². The maximum atomic E-state index is 14.0. The molecule has 0 aromatic heterocycles. The van der Waals surface area contributed by atoms with Gasteiger partial charge in [0.05, 0.1) is 15.9 Å². The van der Waals surface area contributed by atoms with Gasteiger partial charge in [0.15, 0.2) is 21.7 Å². The van der Waals surface area contributed by atoms with E-state index in [-0.39, 0.29) is 28.0 Å². The summed E-state index contributed by atoms with van der Waals surface area (Å²) in [5.41, 5.74) is -2.62. The number of amides is 1. The van der Waals surface area contributed by atoms with Crippen molar-refractivity contribution >= 4 is 15.7 Å². The number of azo groups is 1. The Morgan fingerprint density at radius 2 is 1.94 bits per heavy atom. The molecule has 3 heterocycles. The molecule has 4 rings (SSSR count). The quantitative estimate of drug-likeness (QED) is 0.709. The first-order valence-corrected chi connectivity index (χ1v) is 12.0. The smallest absolute Gasteiger partial charge is 0.362 e. The molecule has 1 unspecified atom stereocenters. The van der Waals surface area contributed by atoms with Crippen LogP contribution in [0.5, 0.6) is 0 Å². The fraction of sp³-hybridized carbons (Fsp3) is 0.476. The van der Waals surface area contributed by atoms with E-state index in [1.54, 1.807) is 13.0 Å². The van der Waals surface area contributed by atoms with Crippen LogP contribution in [-0.4, -0.2) is 38.5 Å². The number of carbonyl (C=O) groups is 1. The number of halogens is 3. The number of hydrogen-bond donors (Lipinski definition) is 2. The Labute approximate surface area is 183 Å². The summed E-state index contributed by atoms with van der Waals surface area (Å²) < 4.78 is 66.4. The van der Waals surface area contributed by atoms with Crippen molar-refractivity contribution in [2.24, 2.45) is 10.2 Å². The van der Waals surface area contributed by atoms with E-state index in [0.29, 0.717) is 12.1 Å². The van der Waals surface area contributed by atoms with Gasteiger partial charge in [0.25, 0.3) is 5.91 Å². The second-order valence-electron chi connectivity index (χ2n) is 8.95. The van der Waals surface area contributed by atoms with Gasteiger partial charge in [-0.05, 0) is 38.0 Å². The highest BCUT2D eigenvalue weighted by Crippen LogP contribution is 2.54. The summed E-state index contributed by atoms with van der Waals surface area (Å²) in [5, 5.41) is 13.2. The van der Waals surface area contributed by atoms with E-state index in [0.717, 1.165) is 6.26 Å². The summed E-state index contributed by atoms with van der Waals surface area (Å²) in [6.07, 6.45) is -4.45. The molecule has 32 heavy (non-hydrogen) atoms. The number of sulfone groups is 1. The van der Waals surface area contributed by atoms with E-state index in [2.05, 4.69) is 20.9 Å². The van der Waals surface area contributed by atoms with Crippen molar-refractivity contribution in [1.29, 1.82) is 0 Å². The molecule has 1 aromatic rings. The highest BCUT2D eigenvalue weighted by Gasteiger charge is 2.57. The second-order valence-corrected chi connectivity index (χ2v) is 11.0. The normalized spacial score (nSPS) is 27.1. The third kappa shape index (κ3) is 3.33. The van der Waals surface area contributed by atoms with Crippen LogP contribution in [0.4, 0.5) is 13.2 Å². The van der Waals surface area contributed by atoms with Crippen LogP contribution in [0.3, 0.4) is 0 Å². The lowest BCUT2D eigenvalue weighted by Crippen LogP contribution is -2.58. The molecule has 3 aliphatic heterocycles. The van der Waals surface area contributed by atoms with E-state index in [9.17, 15) is 26.4 Å². The fourth-order valence-corrected chi connectivity index (χ4v) is 5.59. The first-order chi connectivity index (χ1) is 14.7. The molecule has 0 saturated carbocycles. The molecule has 3 aliphatic rings. The van der Waals surface area contributed by atoms with Gasteiger partial charge in [-0.2, -0.15) is 18.3 Å². The van der Waals surface area contributed by atoms with Crippen molar-refractivity contribution in [3.63, 3.8) is 0 Å². The van der Waals surface area contributed by atoms with Crippen molar-refractivity contribution in [2.75, 3.05) is 6.26 Å². The summed E-state index contributed by atoms with van der Waals surface area (Å²) in [6, 6.07) is 5.75. The number of alkyl halides is 3. The maximum absolute atomic E-state index is 14.0. The van der Waals surface area contributed by atoms with Gasteiger partial charge >= 0.3 is 6.18 Å². The standard InChI is InChI=1S/C21H23F3N4O3S/c1-5-20(11-7-6-8-12(9-11)32(4,30)31)14-13(10-19(2,3)26-18(14)29)25-17-15(20)16(27-28-17)21(22,23)24/h6-9,17,25H,5,10H2,1-4H3,(H,26,29)/t17?,20-/m1/s1. The van der Waals surface area contributed by atoms with Gasteiger partial charge in [0.2, 0.25) is 0 Å². The zero-order valence-corrected chi connectivity index (χ0v) is 18.8. The Morgan fingerprint density at radius 3 is 2.53 bits per heavy atom. The summed E-state index contributed by atoms with van der Waals surface area (Å²) in [6.45, 7) is 5.31. The van der Waals surface area contributed by atoms with Gasteiger partial charge in [-0.1, -0.05) is 19.1 Å². The third-order valence-corrected chi connectivity index (χ3v) is 7.26. The Morgan fingerprint density at radius 1 is 1.25 bits per heavy atom. The molecular formula is C21H23F3N4O3S. The van der Waals surface area contributed by atoms with Crippen LogP contribution in [0.2, 0.25) is 0 Å². The number of nitrogens with one attached hydrogen (secondary N) is 2. The van der Waals surface area contributed by atoms with Crippen LogP contribution in [-0.2, 0) is 20.0 Å². The largest absolute Gasteiger partial charge is 0.435 e. The third-order valence-electron chi connectivity index (χ3n) is 6.15. The van der Waals surface area contributed by atoms with Crippen molar-refractivity contribution in [1.82, 2.24) is 10.6 Å². The summed E-state index contributed by atoms with van der Waals surface area (Å²) in [7, 11) is -3.64. The molecule has 0 aliphatic carbocycles. The Hall–Kier alpha value is -2.69. The SMILES string of the molecule is CC[C@@]1(c2cccc(S(C)(=O)=O)c2)C2=C(CC(C)(C)NC2=O)NC2N=NC(C(F)(F)F)=C21. The molecule has 0 bridgehead atoms. The highest BCUT2D eigenvalue weighted by molar-refractivity contribution is 7.90. The fourth-order valence-electron chi connectivity index (χ4n) is 4.92. The molecule has 1 amide bonds. The molecule has 0 fully saturated rings. The van der Waals surface area contributed by atoms with Crippen LogP contribution < -0.4 is 10.6 Å². The Balaban J connectivity index is 2.11.